The van der Waals surface area contributed by atoms with Crippen LogP contribution in [0.2, 0.25) is 0 Å². The fourth-order valence-electron chi connectivity index (χ4n) is 2.64. The maximum atomic E-state index is 12.2. The molecule has 1 atom stereocenters. The third-order valence-electron chi connectivity index (χ3n) is 4.46. The number of rotatable bonds is 9. The van der Waals surface area contributed by atoms with Crippen LogP contribution in [0.5, 0.6) is 0 Å². The van der Waals surface area contributed by atoms with Gasteiger partial charge in [-0.15, -0.1) is 0 Å². The summed E-state index contributed by atoms with van der Waals surface area (Å²) in [5.41, 5.74) is 10.2. The Morgan fingerprint density at radius 3 is 2.17 bits per heavy atom. The first-order chi connectivity index (χ1) is 14.6. The van der Waals surface area contributed by atoms with E-state index in [-0.39, 0.29) is 6.54 Å². The molecule has 7 heteroatoms. The Labute approximate surface area is 177 Å². The summed E-state index contributed by atoms with van der Waals surface area (Å²) >= 11 is 0. The van der Waals surface area contributed by atoms with Gasteiger partial charge in [-0.25, -0.2) is 5.48 Å². The molecule has 0 aliphatic carbocycles. The molecule has 0 aromatic heterocycles. The molecule has 2 aromatic rings. The van der Waals surface area contributed by atoms with Gasteiger partial charge in [-0.1, -0.05) is 37.3 Å². The Morgan fingerprint density at radius 1 is 1.03 bits per heavy atom. The second kappa shape index (κ2) is 12.4. The van der Waals surface area contributed by atoms with Crippen molar-refractivity contribution < 1.29 is 14.8 Å². The highest BCUT2D eigenvalue weighted by Gasteiger charge is 2.19. The van der Waals surface area contributed by atoms with Crippen LogP contribution in [0.15, 0.2) is 48.5 Å². The monoisotopic (exact) mass is 408 g/mol. The molecule has 2 amide bonds. The molecular weight excluding hydrogens is 380 g/mol. The van der Waals surface area contributed by atoms with Gasteiger partial charge in [0.05, 0.1) is 0 Å². The van der Waals surface area contributed by atoms with E-state index in [1.807, 2.05) is 12.1 Å². The van der Waals surface area contributed by atoms with Crippen molar-refractivity contribution in [1.29, 1.82) is 0 Å². The molecule has 6 N–H and O–H groups in total. The van der Waals surface area contributed by atoms with Crippen molar-refractivity contribution in [2.45, 2.75) is 32.4 Å². The summed E-state index contributed by atoms with van der Waals surface area (Å²) in [6.45, 7) is 3.92. The van der Waals surface area contributed by atoms with Crippen molar-refractivity contribution >= 4 is 11.8 Å². The molecule has 0 radical (unpaired) electrons. The molecule has 0 bridgehead atoms. The lowest BCUT2D eigenvalue weighted by Crippen LogP contribution is -2.50. The van der Waals surface area contributed by atoms with Crippen molar-refractivity contribution in [2.75, 3.05) is 13.1 Å². The van der Waals surface area contributed by atoms with E-state index in [1.165, 1.54) is 23.9 Å². The highest BCUT2D eigenvalue weighted by Crippen LogP contribution is 2.06. The zero-order valence-corrected chi connectivity index (χ0v) is 17.1. The summed E-state index contributed by atoms with van der Waals surface area (Å²) < 4.78 is 0. The summed E-state index contributed by atoms with van der Waals surface area (Å²) in [4.78, 5) is 23.6. The molecule has 0 aliphatic rings. The van der Waals surface area contributed by atoms with E-state index < -0.39 is 17.9 Å². The molecule has 0 saturated heterocycles. The van der Waals surface area contributed by atoms with Gasteiger partial charge in [-0.05, 0) is 54.9 Å². The van der Waals surface area contributed by atoms with Gasteiger partial charge in [0.2, 0.25) is 0 Å². The van der Waals surface area contributed by atoms with Crippen LogP contribution in [0.4, 0.5) is 0 Å². The lowest BCUT2D eigenvalue weighted by Gasteiger charge is -2.14. The third kappa shape index (κ3) is 7.33. The van der Waals surface area contributed by atoms with Gasteiger partial charge in [0.1, 0.15) is 6.04 Å². The first-order valence-corrected chi connectivity index (χ1v) is 9.94. The normalized spacial score (nSPS) is 11.2. The van der Waals surface area contributed by atoms with Crippen LogP contribution in [0, 0.1) is 11.8 Å². The number of hydroxylamine groups is 1. The van der Waals surface area contributed by atoms with Crippen molar-refractivity contribution in [3.05, 3.63) is 70.8 Å². The second-order valence-electron chi connectivity index (χ2n) is 6.79. The van der Waals surface area contributed by atoms with E-state index in [0.29, 0.717) is 5.56 Å². The molecule has 2 aromatic carbocycles. The number of hydrogen-bond donors (Lipinski definition) is 5. The second-order valence-corrected chi connectivity index (χ2v) is 6.79. The minimum Gasteiger partial charge on any atom is -0.339 e. The van der Waals surface area contributed by atoms with E-state index in [2.05, 4.69) is 41.5 Å². The van der Waals surface area contributed by atoms with Gasteiger partial charge in [-0.3, -0.25) is 14.8 Å². The molecule has 0 aliphatic heterocycles. The van der Waals surface area contributed by atoms with E-state index >= 15 is 0 Å². The SMILES string of the molecule is CCCCNCc1ccc(C#Cc2ccc(C(=O)N[C@@H](CN)C(=O)NO)cc2)cc1. The number of carbonyl (C=O) groups excluding carboxylic acids is 2. The standard InChI is InChI=1S/C23H28N4O3/c1-2-3-14-25-16-19-8-6-17(7-9-19)4-5-18-10-12-20(13-11-18)22(28)26-21(15-24)23(29)27-30/h6-13,21,25,30H,2-3,14-16,24H2,1H3,(H,26,28)(H,27,29)/t21-/m0/s1. The molecule has 0 heterocycles. The predicted octanol–water partition coefficient (Wildman–Crippen LogP) is 1.54. The van der Waals surface area contributed by atoms with Gasteiger partial charge in [0, 0.05) is 29.8 Å². The summed E-state index contributed by atoms with van der Waals surface area (Å²) in [6.07, 6.45) is 2.36. The van der Waals surface area contributed by atoms with Gasteiger partial charge < -0.3 is 16.4 Å². The van der Waals surface area contributed by atoms with Gasteiger partial charge in [-0.2, -0.15) is 0 Å². The lowest BCUT2D eigenvalue weighted by atomic mass is 10.1. The summed E-state index contributed by atoms with van der Waals surface area (Å²) in [5.74, 6) is 4.95. The predicted molar refractivity (Wildman–Crippen MR) is 116 cm³/mol. The number of benzene rings is 2. The van der Waals surface area contributed by atoms with Crippen LogP contribution in [0.1, 0.15) is 46.8 Å². The summed E-state index contributed by atoms with van der Waals surface area (Å²) in [5, 5.41) is 14.5. The Hall–Kier alpha value is -3.18. The largest absolute Gasteiger partial charge is 0.339 e. The molecule has 30 heavy (non-hydrogen) atoms. The third-order valence-corrected chi connectivity index (χ3v) is 4.46. The smallest absolute Gasteiger partial charge is 0.267 e. The average Bonchev–Trinajstić information content (AvgIpc) is 2.79. The number of unbranched alkanes of at least 4 members (excludes halogenated alkanes) is 1. The minimum absolute atomic E-state index is 0.130. The van der Waals surface area contributed by atoms with Gasteiger partial charge >= 0.3 is 0 Å². The van der Waals surface area contributed by atoms with Crippen LogP contribution in [0.25, 0.3) is 0 Å². The maximum Gasteiger partial charge on any atom is 0.267 e. The highest BCUT2D eigenvalue weighted by molar-refractivity contribution is 5.97. The zero-order valence-electron chi connectivity index (χ0n) is 17.1. The molecule has 158 valence electrons. The zero-order chi connectivity index (χ0) is 21.8. The highest BCUT2D eigenvalue weighted by atomic mass is 16.5. The van der Waals surface area contributed by atoms with Crippen LogP contribution in [0.3, 0.4) is 0 Å². The quantitative estimate of drug-likeness (QED) is 0.187. The fourth-order valence-corrected chi connectivity index (χ4v) is 2.64. The minimum atomic E-state index is -1.01. The Bertz CT molecular complexity index is 883. The van der Waals surface area contributed by atoms with Gasteiger partial charge in [0.15, 0.2) is 0 Å². The van der Waals surface area contributed by atoms with Crippen molar-refractivity contribution in [3.8, 4) is 11.8 Å². The number of amides is 2. The van der Waals surface area contributed by atoms with Crippen LogP contribution in [-0.4, -0.2) is 36.2 Å². The maximum absolute atomic E-state index is 12.2. The molecule has 0 unspecified atom stereocenters. The molecule has 7 nitrogen and oxygen atoms in total. The Morgan fingerprint density at radius 2 is 1.63 bits per heavy atom. The van der Waals surface area contributed by atoms with E-state index in [9.17, 15) is 9.59 Å². The molecular formula is C23H28N4O3. The Kier molecular flexibility index (Phi) is 9.55. The summed E-state index contributed by atoms with van der Waals surface area (Å²) in [7, 11) is 0. The van der Waals surface area contributed by atoms with Crippen molar-refractivity contribution in [1.82, 2.24) is 16.1 Å². The molecule has 2 rings (SSSR count). The molecule has 0 saturated carbocycles. The lowest BCUT2D eigenvalue weighted by molar-refractivity contribution is -0.130. The molecule has 0 fully saturated rings. The molecule has 0 spiro atoms. The topological polar surface area (TPSA) is 116 Å². The van der Waals surface area contributed by atoms with E-state index in [1.54, 1.807) is 24.3 Å². The van der Waals surface area contributed by atoms with E-state index in [0.717, 1.165) is 24.2 Å². The number of carbonyl (C=O) groups is 2. The summed E-state index contributed by atoms with van der Waals surface area (Å²) in [6, 6.07) is 13.8. The van der Waals surface area contributed by atoms with Gasteiger partial charge in [0.25, 0.3) is 11.8 Å². The van der Waals surface area contributed by atoms with Crippen molar-refractivity contribution in [3.63, 3.8) is 0 Å². The van der Waals surface area contributed by atoms with Crippen molar-refractivity contribution in [2.24, 2.45) is 5.73 Å². The fraction of sp³-hybridized carbons (Fsp3) is 0.304. The number of hydrogen-bond acceptors (Lipinski definition) is 5. The number of nitrogens with two attached hydrogens (primary N) is 1. The van der Waals surface area contributed by atoms with Crippen LogP contribution < -0.4 is 21.8 Å². The first kappa shape index (κ1) is 23.1. The first-order valence-electron chi connectivity index (χ1n) is 9.94. The van der Waals surface area contributed by atoms with Crippen LogP contribution >= 0.6 is 0 Å². The van der Waals surface area contributed by atoms with E-state index in [4.69, 9.17) is 10.9 Å². The Balaban J connectivity index is 1.94. The van der Waals surface area contributed by atoms with Crippen LogP contribution in [-0.2, 0) is 11.3 Å². The number of nitrogens with one attached hydrogen (secondary N) is 3. The average molecular weight is 409 g/mol.